The lowest BCUT2D eigenvalue weighted by Crippen LogP contribution is -2.67. The topological polar surface area (TPSA) is 49.3 Å². The van der Waals surface area contributed by atoms with Crippen LogP contribution in [0.3, 0.4) is 0 Å². The Morgan fingerprint density at radius 3 is 1.95 bits per heavy atom. The summed E-state index contributed by atoms with van der Waals surface area (Å²) in [7, 11) is 0. The molecule has 0 amide bonds. The standard InChI is InChI=1S/C16H25NO2/c18-14(19)10-15(2-1-3-15)17-16-7-11-4-12(8-16)6-13(5-11)9-16/h11-13,17H,1-10H2,(H,18,19). The first kappa shape index (κ1) is 12.2. The Bertz CT molecular complexity index is 364. The van der Waals surface area contributed by atoms with E-state index in [0.717, 1.165) is 30.6 Å². The molecule has 0 aromatic heterocycles. The van der Waals surface area contributed by atoms with Gasteiger partial charge in [-0.25, -0.2) is 0 Å². The number of aliphatic carboxylic acids is 1. The van der Waals surface area contributed by atoms with Crippen LogP contribution in [-0.4, -0.2) is 22.2 Å². The van der Waals surface area contributed by atoms with Crippen LogP contribution in [0.4, 0.5) is 0 Å². The van der Waals surface area contributed by atoms with E-state index in [4.69, 9.17) is 0 Å². The third-order valence-electron chi connectivity index (χ3n) is 6.37. The number of hydrogen-bond acceptors (Lipinski definition) is 2. The van der Waals surface area contributed by atoms with Crippen LogP contribution in [0.25, 0.3) is 0 Å². The van der Waals surface area contributed by atoms with E-state index >= 15 is 0 Å². The fourth-order valence-corrected chi connectivity index (χ4v) is 6.07. The lowest BCUT2D eigenvalue weighted by atomic mass is 9.52. The lowest BCUT2D eigenvalue weighted by molar-refractivity contribution is -0.141. The van der Waals surface area contributed by atoms with Gasteiger partial charge in [-0.15, -0.1) is 0 Å². The summed E-state index contributed by atoms with van der Waals surface area (Å²) in [6.07, 6.45) is 12.0. The lowest BCUT2D eigenvalue weighted by Gasteiger charge is -2.61. The zero-order chi connectivity index (χ0) is 13.1. The van der Waals surface area contributed by atoms with Crippen LogP contribution in [0.5, 0.6) is 0 Å². The van der Waals surface area contributed by atoms with E-state index in [1.54, 1.807) is 0 Å². The van der Waals surface area contributed by atoms with Crippen LogP contribution in [0.2, 0.25) is 0 Å². The molecule has 5 saturated carbocycles. The quantitative estimate of drug-likeness (QED) is 0.820. The fraction of sp³-hybridized carbons (Fsp3) is 0.938. The summed E-state index contributed by atoms with van der Waals surface area (Å²) in [5.41, 5.74) is 0.252. The normalized spacial score (nSPS) is 46.0. The molecule has 3 nitrogen and oxygen atoms in total. The number of hydrogen-bond donors (Lipinski definition) is 2. The van der Waals surface area contributed by atoms with Gasteiger partial charge in [0.2, 0.25) is 0 Å². The van der Waals surface area contributed by atoms with E-state index in [0.29, 0.717) is 12.0 Å². The average Bonchev–Trinajstić information content (AvgIpc) is 2.22. The zero-order valence-corrected chi connectivity index (χ0v) is 11.7. The van der Waals surface area contributed by atoms with E-state index in [2.05, 4.69) is 5.32 Å². The van der Waals surface area contributed by atoms with Gasteiger partial charge in [-0.1, -0.05) is 0 Å². The second-order valence-corrected chi connectivity index (χ2v) is 8.03. The number of rotatable bonds is 4. The third kappa shape index (κ3) is 2.01. The van der Waals surface area contributed by atoms with Gasteiger partial charge < -0.3 is 10.4 Å². The molecule has 0 aliphatic heterocycles. The molecule has 19 heavy (non-hydrogen) atoms. The number of carboxylic acid groups (broad SMARTS) is 1. The third-order valence-corrected chi connectivity index (χ3v) is 6.37. The predicted octanol–water partition coefficient (Wildman–Crippen LogP) is 2.94. The minimum atomic E-state index is -0.628. The van der Waals surface area contributed by atoms with Gasteiger partial charge in [0.25, 0.3) is 0 Å². The maximum Gasteiger partial charge on any atom is 0.305 e. The minimum absolute atomic E-state index is 0.0580. The molecule has 5 rings (SSSR count). The van der Waals surface area contributed by atoms with Crippen molar-refractivity contribution in [2.75, 3.05) is 0 Å². The summed E-state index contributed by atoms with van der Waals surface area (Å²) in [5.74, 6) is 2.17. The van der Waals surface area contributed by atoms with Crippen LogP contribution in [0.1, 0.15) is 64.2 Å². The number of nitrogens with one attached hydrogen (secondary N) is 1. The van der Waals surface area contributed by atoms with Crippen molar-refractivity contribution in [3.05, 3.63) is 0 Å². The maximum atomic E-state index is 11.2. The van der Waals surface area contributed by atoms with Crippen molar-refractivity contribution in [2.24, 2.45) is 17.8 Å². The van der Waals surface area contributed by atoms with Crippen LogP contribution < -0.4 is 5.32 Å². The molecule has 0 radical (unpaired) electrons. The molecule has 4 bridgehead atoms. The van der Waals surface area contributed by atoms with Gasteiger partial charge >= 0.3 is 5.97 Å². The largest absolute Gasteiger partial charge is 0.481 e. The molecule has 106 valence electrons. The second kappa shape index (κ2) is 3.97. The molecule has 5 aliphatic rings. The van der Waals surface area contributed by atoms with Crippen molar-refractivity contribution >= 4 is 5.97 Å². The van der Waals surface area contributed by atoms with Crippen LogP contribution >= 0.6 is 0 Å². The smallest absolute Gasteiger partial charge is 0.305 e. The van der Waals surface area contributed by atoms with E-state index < -0.39 is 5.97 Å². The Labute approximate surface area is 115 Å². The summed E-state index contributed by atoms with van der Waals surface area (Å²) in [4.78, 5) is 11.2. The summed E-state index contributed by atoms with van der Waals surface area (Å²) in [6.45, 7) is 0. The summed E-state index contributed by atoms with van der Waals surface area (Å²) in [5, 5.41) is 13.1. The zero-order valence-electron chi connectivity index (χ0n) is 11.7. The highest BCUT2D eigenvalue weighted by molar-refractivity contribution is 5.68. The maximum absolute atomic E-state index is 11.2. The second-order valence-electron chi connectivity index (χ2n) is 8.03. The summed E-state index contributed by atoms with van der Waals surface area (Å²) < 4.78 is 0. The molecule has 0 spiro atoms. The Balaban J connectivity index is 1.54. The first-order valence-corrected chi connectivity index (χ1v) is 8.08. The monoisotopic (exact) mass is 263 g/mol. The summed E-state index contributed by atoms with van der Waals surface area (Å²) in [6, 6.07) is 0. The molecule has 0 atom stereocenters. The van der Waals surface area contributed by atoms with E-state index in [1.807, 2.05) is 0 Å². The number of carboxylic acids is 1. The Morgan fingerprint density at radius 2 is 1.58 bits per heavy atom. The molecule has 0 saturated heterocycles. The highest BCUT2D eigenvalue weighted by atomic mass is 16.4. The molecule has 0 unspecified atom stereocenters. The van der Waals surface area contributed by atoms with Crippen molar-refractivity contribution < 1.29 is 9.90 Å². The Hall–Kier alpha value is -0.570. The van der Waals surface area contributed by atoms with Crippen molar-refractivity contribution in [1.82, 2.24) is 5.32 Å². The number of carbonyl (C=O) groups is 1. The molecule has 3 heteroatoms. The van der Waals surface area contributed by atoms with Gasteiger partial charge in [0.15, 0.2) is 0 Å². The van der Waals surface area contributed by atoms with E-state index in [-0.39, 0.29) is 5.54 Å². The Kier molecular flexibility index (Phi) is 2.55. The highest BCUT2D eigenvalue weighted by Crippen LogP contribution is 2.57. The van der Waals surface area contributed by atoms with Crippen molar-refractivity contribution in [2.45, 2.75) is 75.3 Å². The Morgan fingerprint density at radius 1 is 1.05 bits per heavy atom. The molecule has 5 fully saturated rings. The average molecular weight is 263 g/mol. The molecule has 5 aliphatic carbocycles. The van der Waals surface area contributed by atoms with Gasteiger partial charge in [0.1, 0.15) is 0 Å². The molecule has 0 aromatic rings. The highest BCUT2D eigenvalue weighted by Gasteiger charge is 2.54. The summed E-state index contributed by atoms with van der Waals surface area (Å²) >= 11 is 0. The van der Waals surface area contributed by atoms with Gasteiger partial charge in [0.05, 0.1) is 6.42 Å². The van der Waals surface area contributed by atoms with Crippen LogP contribution in [0.15, 0.2) is 0 Å². The van der Waals surface area contributed by atoms with Crippen LogP contribution in [0, 0.1) is 17.8 Å². The SMILES string of the molecule is O=C(O)CC1(NC23CC4CC(CC(C4)C2)C3)CCC1. The van der Waals surface area contributed by atoms with Crippen molar-refractivity contribution in [3.8, 4) is 0 Å². The molecular weight excluding hydrogens is 238 g/mol. The van der Waals surface area contributed by atoms with Crippen LogP contribution in [-0.2, 0) is 4.79 Å². The van der Waals surface area contributed by atoms with E-state index in [9.17, 15) is 9.90 Å². The van der Waals surface area contributed by atoms with Gasteiger partial charge in [-0.3, -0.25) is 4.79 Å². The molecular formula is C16H25NO2. The van der Waals surface area contributed by atoms with Gasteiger partial charge in [0, 0.05) is 11.1 Å². The van der Waals surface area contributed by atoms with Crippen molar-refractivity contribution in [3.63, 3.8) is 0 Å². The fourth-order valence-electron chi connectivity index (χ4n) is 6.07. The van der Waals surface area contributed by atoms with E-state index in [1.165, 1.54) is 44.9 Å². The predicted molar refractivity (Wildman–Crippen MR) is 72.9 cm³/mol. The van der Waals surface area contributed by atoms with Gasteiger partial charge in [-0.2, -0.15) is 0 Å². The molecule has 0 heterocycles. The van der Waals surface area contributed by atoms with Gasteiger partial charge in [-0.05, 0) is 75.5 Å². The first-order chi connectivity index (χ1) is 9.07. The minimum Gasteiger partial charge on any atom is -0.481 e. The molecule has 2 N–H and O–H groups in total. The first-order valence-electron chi connectivity index (χ1n) is 8.08. The van der Waals surface area contributed by atoms with Crippen molar-refractivity contribution in [1.29, 1.82) is 0 Å². The molecule has 0 aromatic carbocycles.